The second kappa shape index (κ2) is 6.12. The monoisotopic (exact) mass is 221 g/mol. The minimum absolute atomic E-state index is 0.00111. The molecule has 88 valence electrons. The van der Waals surface area contributed by atoms with Gasteiger partial charge in [-0.3, -0.25) is 4.79 Å². The maximum absolute atomic E-state index is 11.5. The van der Waals surface area contributed by atoms with Crippen LogP contribution >= 0.6 is 0 Å². The molecule has 0 saturated carbocycles. The van der Waals surface area contributed by atoms with Crippen molar-refractivity contribution in [3.63, 3.8) is 0 Å². The molecule has 1 rings (SSSR count). The third kappa shape index (κ3) is 4.31. The fourth-order valence-electron chi connectivity index (χ4n) is 1.36. The molecule has 0 heterocycles. The zero-order valence-electron chi connectivity index (χ0n) is 10.1. The van der Waals surface area contributed by atoms with Crippen LogP contribution in [0.3, 0.4) is 0 Å². The van der Waals surface area contributed by atoms with Gasteiger partial charge in [-0.2, -0.15) is 0 Å². The zero-order valence-corrected chi connectivity index (χ0v) is 10.1. The fourth-order valence-corrected chi connectivity index (χ4v) is 1.36. The van der Waals surface area contributed by atoms with Gasteiger partial charge in [-0.1, -0.05) is 0 Å². The van der Waals surface area contributed by atoms with E-state index in [2.05, 4.69) is 10.6 Å². The predicted molar refractivity (Wildman–Crippen MR) is 67.8 cm³/mol. The van der Waals surface area contributed by atoms with Crippen molar-refractivity contribution in [3.8, 4) is 0 Å². The molecular formula is C12H19N3O. The second-order valence-corrected chi connectivity index (χ2v) is 3.89. The third-order valence-corrected chi connectivity index (χ3v) is 2.01. The van der Waals surface area contributed by atoms with Gasteiger partial charge in [-0.15, -0.1) is 0 Å². The first-order chi connectivity index (χ1) is 7.61. The first-order valence-corrected chi connectivity index (χ1v) is 5.40. The first-order valence-electron chi connectivity index (χ1n) is 5.40. The van der Waals surface area contributed by atoms with Gasteiger partial charge in [0.15, 0.2) is 0 Å². The Labute approximate surface area is 96.6 Å². The van der Waals surface area contributed by atoms with Crippen LogP contribution in [-0.4, -0.2) is 38.0 Å². The van der Waals surface area contributed by atoms with Gasteiger partial charge in [0.05, 0.1) is 6.54 Å². The molecule has 0 aliphatic carbocycles. The van der Waals surface area contributed by atoms with Gasteiger partial charge in [0.1, 0.15) is 0 Å². The van der Waals surface area contributed by atoms with Crippen LogP contribution < -0.4 is 10.6 Å². The van der Waals surface area contributed by atoms with Gasteiger partial charge >= 0.3 is 0 Å². The number of hydrogen-bond acceptors (Lipinski definition) is 3. The van der Waals surface area contributed by atoms with E-state index in [1.807, 2.05) is 50.2 Å². The van der Waals surface area contributed by atoms with E-state index >= 15 is 0 Å². The summed E-state index contributed by atoms with van der Waals surface area (Å²) in [7, 11) is 3.74. The number of benzene rings is 1. The lowest BCUT2D eigenvalue weighted by Gasteiger charge is -2.10. The molecule has 4 heteroatoms. The first kappa shape index (κ1) is 12.5. The van der Waals surface area contributed by atoms with E-state index in [0.717, 1.165) is 17.9 Å². The second-order valence-electron chi connectivity index (χ2n) is 3.89. The number of rotatable bonds is 5. The van der Waals surface area contributed by atoms with Gasteiger partial charge in [0.2, 0.25) is 5.91 Å². The molecule has 0 fully saturated rings. The predicted octanol–water partition coefficient (Wildman–Crippen LogP) is 1.62. The van der Waals surface area contributed by atoms with Crippen molar-refractivity contribution >= 4 is 17.3 Å². The summed E-state index contributed by atoms with van der Waals surface area (Å²) < 4.78 is 0. The Bertz CT molecular complexity index is 333. The van der Waals surface area contributed by atoms with Crippen molar-refractivity contribution < 1.29 is 4.79 Å². The van der Waals surface area contributed by atoms with E-state index in [9.17, 15) is 4.79 Å². The maximum Gasteiger partial charge on any atom is 0.238 e. The Balaban J connectivity index is 2.51. The van der Waals surface area contributed by atoms with Crippen LogP contribution in [0.5, 0.6) is 0 Å². The summed E-state index contributed by atoms with van der Waals surface area (Å²) in [5.74, 6) is 0.00111. The topological polar surface area (TPSA) is 44.4 Å². The number of nitrogens with zero attached hydrogens (tertiary/aromatic N) is 1. The normalized spacial score (nSPS) is 10.2. The Morgan fingerprint density at radius 2 is 1.75 bits per heavy atom. The van der Waals surface area contributed by atoms with Gasteiger partial charge in [-0.25, -0.2) is 0 Å². The van der Waals surface area contributed by atoms with Gasteiger partial charge < -0.3 is 15.5 Å². The SMILES string of the molecule is CCNc1ccc(NC(=O)CN(C)C)cc1. The van der Waals surface area contributed by atoms with Crippen LogP contribution in [-0.2, 0) is 4.79 Å². The quantitative estimate of drug-likeness (QED) is 0.794. The van der Waals surface area contributed by atoms with Crippen LogP contribution in [0.1, 0.15) is 6.92 Å². The summed E-state index contributed by atoms with van der Waals surface area (Å²) in [6.07, 6.45) is 0. The van der Waals surface area contributed by atoms with Crippen LogP contribution in [0.15, 0.2) is 24.3 Å². The van der Waals surface area contributed by atoms with Crippen molar-refractivity contribution in [2.75, 3.05) is 37.8 Å². The van der Waals surface area contributed by atoms with Crippen molar-refractivity contribution in [1.82, 2.24) is 4.90 Å². The van der Waals surface area contributed by atoms with Crippen LogP contribution in [0.4, 0.5) is 11.4 Å². The number of carbonyl (C=O) groups is 1. The molecule has 1 amide bonds. The fraction of sp³-hybridized carbons (Fsp3) is 0.417. The highest BCUT2D eigenvalue weighted by Crippen LogP contribution is 2.12. The van der Waals surface area contributed by atoms with E-state index in [4.69, 9.17) is 0 Å². The number of carbonyl (C=O) groups excluding carboxylic acids is 1. The van der Waals surface area contributed by atoms with Gasteiger partial charge in [-0.05, 0) is 45.3 Å². The molecule has 0 aromatic heterocycles. The molecule has 16 heavy (non-hydrogen) atoms. The Morgan fingerprint density at radius 1 is 1.19 bits per heavy atom. The molecule has 0 unspecified atom stereocenters. The van der Waals surface area contributed by atoms with Crippen LogP contribution in [0.2, 0.25) is 0 Å². The van der Waals surface area contributed by atoms with E-state index < -0.39 is 0 Å². The Hall–Kier alpha value is -1.55. The number of hydrogen-bond donors (Lipinski definition) is 2. The molecule has 0 aliphatic heterocycles. The lowest BCUT2D eigenvalue weighted by molar-refractivity contribution is -0.116. The molecule has 1 aromatic carbocycles. The Kier molecular flexibility index (Phi) is 4.79. The molecule has 0 atom stereocenters. The summed E-state index contributed by atoms with van der Waals surface area (Å²) in [6.45, 7) is 3.34. The summed E-state index contributed by atoms with van der Waals surface area (Å²) in [5, 5.41) is 6.03. The smallest absolute Gasteiger partial charge is 0.238 e. The molecular weight excluding hydrogens is 202 g/mol. The lowest BCUT2D eigenvalue weighted by atomic mass is 10.2. The minimum atomic E-state index is 0.00111. The summed E-state index contributed by atoms with van der Waals surface area (Å²) in [4.78, 5) is 13.3. The van der Waals surface area contributed by atoms with E-state index in [0.29, 0.717) is 6.54 Å². The summed E-state index contributed by atoms with van der Waals surface area (Å²) in [5.41, 5.74) is 1.89. The van der Waals surface area contributed by atoms with E-state index in [1.54, 1.807) is 0 Å². The number of amides is 1. The average Bonchev–Trinajstić information content (AvgIpc) is 2.20. The highest BCUT2D eigenvalue weighted by molar-refractivity contribution is 5.92. The molecule has 0 spiro atoms. The standard InChI is InChI=1S/C12H19N3O/c1-4-13-10-5-7-11(8-6-10)14-12(16)9-15(2)3/h5-8,13H,4,9H2,1-3H3,(H,14,16). The van der Waals surface area contributed by atoms with Crippen molar-refractivity contribution in [1.29, 1.82) is 0 Å². The summed E-state index contributed by atoms with van der Waals surface area (Å²) in [6, 6.07) is 7.70. The zero-order chi connectivity index (χ0) is 12.0. The molecule has 0 aliphatic rings. The average molecular weight is 221 g/mol. The molecule has 0 radical (unpaired) electrons. The van der Waals surface area contributed by atoms with Crippen molar-refractivity contribution in [2.24, 2.45) is 0 Å². The number of likely N-dealkylation sites (N-methyl/N-ethyl adjacent to an activating group) is 1. The van der Waals surface area contributed by atoms with Gasteiger partial charge in [0, 0.05) is 17.9 Å². The third-order valence-electron chi connectivity index (χ3n) is 2.01. The molecule has 4 nitrogen and oxygen atoms in total. The molecule has 0 saturated heterocycles. The number of nitrogens with one attached hydrogen (secondary N) is 2. The number of anilines is 2. The van der Waals surface area contributed by atoms with E-state index in [-0.39, 0.29) is 5.91 Å². The maximum atomic E-state index is 11.5. The van der Waals surface area contributed by atoms with Crippen LogP contribution in [0, 0.1) is 0 Å². The van der Waals surface area contributed by atoms with E-state index in [1.165, 1.54) is 0 Å². The molecule has 0 bridgehead atoms. The highest BCUT2D eigenvalue weighted by Gasteiger charge is 2.02. The minimum Gasteiger partial charge on any atom is -0.385 e. The molecule has 1 aromatic rings. The van der Waals surface area contributed by atoms with Crippen LogP contribution in [0.25, 0.3) is 0 Å². The highest BCUT2D eigenvalue weighted by atomic mass is 16.2. The summed E-state index contributed by atoms with van der Waals surface area (Å²) >= 11 is 0. The van der Waals surface area contributed by atoms with Crippen molar-refractivity contribution in [3.05, 3.63) is 24.3 Å². The molecule has 2 N–H and O–H groups in total. The van der Waals surface area contributed by atoms with Gasteiger partial charge in [0.25, 0.3) is 0 Å². The largest absolute Gasteiger partial charge is 0.385 e. The van der Waals surface area contributed by atoms with Crippen molar-refractivity contribution in [2.45, 2.75) is 6.92 Å². The Morgan fingerprint density at radius 3 is 2.25 bits per heavy atom. The lowest BCUT2D eigenvalue weighted by Crippen LogP contribution is -2.27.